The van der Waals surface area contributed by atoms with Crippen LogP contribution in [0.2, 0.25) is 0 Å². The molecule has 0 unspecified atom stereocenters. The average molecular weight is 581 g/mol. The van der Waals surface area contributed by atoms with Crippen molar-refractivity contribution in [3.05, 3.63) is 107 Å². The van der Waals surface area contributed by atoms with Gasteiger partial charge in [0, 0.05) is 58.5 Å². The Labute approximate surface area is 236 Å². The van der Waals surface area contributed by atoms with Gasteiger partial charge >= 0.3 is 26.2 Å². The van der Waals surface area contributed by atoms with Crippen LogP contribution in [0.5, 0.6) is 0 Å². The van der Waals surface area contributed by atoms with Gasteiger partial charge < -0.3 is 24.8 Å². The molecule has 2 aromatic rings. The minimum Gasteiger partial charge on any atom is -1.00 e. The fourth-order valence-electron chi connectivity index (χ4n) is 4.18. The van der Waals surface area contributed by atoms with E-state index in [1.54, 1.807) is 12.7 Å². The molecule has 2 aromatic heterocycles. The molecule has 0 aromatic carbocycles. The van der Waals surface area contributed by atoms with E-state index in [0.29, 0.717) is 0 Å². The molecule has 4 heterocycles. The molecule has 0 saturated heterocycles. The third-order valence-electron chi connectivity index (χ3n) is 5.59. The van der Waals surface area contributed by atoms with E-state index in [2.05, 4.69) is 68.1 Å². The van der Waals surface area contributed by atoms with E-state index in [-0.39, 0.29) is 51.0 Å². The third kappa shape index (κ3) is 5.64. The first-order chi connectivity index (χ1) is 15.5. The zero-order valence-corrected chi connectivity index (χ0v) is 23.7. The number of allylic oxidation sites excluding steroid dienone is 8. The molecule has 0 amide bonds. The quantitative estimate of drug-likeness (QED) is 0.462. The van der Waals surface area contributed by atoms with Crippen molar-refractivity contribution in [1.29, 1.82) is 0 Å². The molecule has 0 bridgehead atoms. The van der Waals surface area contributed by atoms with Gasteiger partial charge in [-0.15, -0.1) is 0 Å². The number of aromatic nitrogens is 4. The number of nitrogens with zero attached hydrogens (tertiary/aromatic N) is 6. The maximum atomic E-state index is 4.52. The maximum absolute atomic E-state index is 4.52. The number of aliphatic imine (C=N–C) groups is 2. The van der Waals surface area contributed by atoms with Gasteiger partial charge in [-0.3, -0.25) is 9.98 Å². The Bertz CT molecular complexity index is 1270. The van der Waals surface area contributed by atoms with Crippen molar-refractivity contribution in [2.75, 3.05) is 0 Å². The molecule has 6 rings (SSSR count). The summed E-state index contributed by atoms with van der Waals surface area (Å²) in [6.07, 6.45) is 19.0. The molecule has 35 heavy (non-hydrogen) atoms. The zero-order valence-electron chi connectivity index (χ0n) is 19.7. The van der Waals surface area contributed by atoms with Crippen LogP contribution in [0.25, 0.3) is 11.1 Å². The van der Waals surface area contributed by atoms with E-state index in [9.17, 15) is 0 Å². The van der Waals surface area contributed by atoms with Gasteiger partial charge in [0.25, 0.3) is 0 Å². The summed E-state index contributed by atoms with van der Waals surface area (Å²) in [7, 11) is 0. The normalized spacial score (nSPS) is 16.7. The topological polar surface area (TPSA) is 76.3 Å². The van der Waals surface area contributed by atoms with Crippen LogP contribution >= 0.6 is 0 Å². The second-order valence-corrected chi connectivity index (χ2v) is 8.06. The predicted molar refractivity (Wildman–Crippen MR) is 128 cm³/mol. The van der Waals surface area contributed by atoms with Gasteiger partial charge in [-0.25, -0.2) is 19.9 Å². The molecule has 0 N–H and O–H groups in total. The molecule has 2 aliphatic heterocycles. The van der Waals surface area contributed by atoms with Crippen molar-refractivity contribution in [1.82, 2.24) is 19.9 Å². The van der Waals surface area contributed by atoms with Crippen LogP contribution in [0.3, 0.4) is 0 Å². The Hall–Kier alpha value is -2.60. The summed E-state index contributed by atoms with van der Waals surface area (Å²) in [5.74, 6) is 0. The minimum atomic E-state index is 0. The maximum Gasteiger partial charge on any atom is 2.00 e. The molecular weight excluding hydrogens is 558 g/mol. The first-order valence-corrected chi connectivity index (χ1v) is 10.4. The summed E-state index contributed by atoms with van der Waals surface area (Å²) in [6.45, 7) is 8.21. The first kappa shape index (κ1) is 28.6. The minimum absolute atomic E-state index is 0. The Kier molecular flexibility index (Phi) is 9.73. The van der Waals surface area contributed by atoms with E-state index in [1.165, 1.54) is 33.4 Å². The van der Waals surface area contributed by atoms with Gasteiger partial charge in [-0.1, -0.05) is 0 Å². The Balaban J connectivity index is 0.000000227. The summed E-state index contributed by atoms with van der Waals surface area (Å²) >= 11 is 0. The Morgan fingerprint density at radius 2 is 0.829 bits per heavy atom. The van der Waals surface area contributed by atoms with Gasteiger partial charge in [0.15, 0.2) is 0 Å². The molecular formula is C26H22Cl2N6Zr. The monoisotopic (exact) mass is 578 g/mol. The number of fused-ring (bicyclic) bond motifs is 2. The molecule has 0 spiro atoms. The number of rotatable bonds is 2. The molecule has 0 fully saturated rings. The predicted octanol–water partition coefficient (Wildman–Crippen LogP) is -0.897. The molecule has 4 aliphatic rings. The SMILES string of the molecule is CC1=NC2=C(C)C=C(c3cncnc3)C2=C1.CC1=NC2=C(C)C=C(c3cncnc3)C2=C1.[Cl-].[Cl-].[Zr+2]. The summed E-state index contributed by atoms with van der Waals surface area (Å²) in [5.41, 5.74) is 13.6. The fraction of sp³-hybridized carbons (Fsp3) is 0.154. The van der Waals surface area contributed by atoms with Crippen LogP contribution < -0.4 is 24.8 Å². The molecule has 0 radical (unpaired) electrons. The molecule has 174 valence electrons. The number of hydrogen-bond acceptors (Lipinski definition) is 6. The smallest absolute Gasteiger partial charge is 1.00 e. The number of halogens is 2. The van der Waals surface area contributed by atoms with E-state index < -0.39 is 0 Å². The van der Waals surface area contributed by atoms with Crippen LogP contribution in [0.1, 0.15) is 38.8 Å². The summed E-state index contributed by atoms with van der Waals surface area (Å²) in [4.78, 5) is 25.2. The molecule has 2 aliphatic carbocycles. The van der Waals surface area contributed by atoms with Gasteiger partial charge in [-0.2, -0.15) is 0 Å². The zero-order chi connectivity index (χ0) is 22.2. The van der Waals surface area contributed by atoms with Crippen LogP contribution in [-0.2, 0) is 26.2 Å². The van der Waals surface area contributed by atoms with E-state index in [1.807, 2.05) is 38.6 Å². The Morgan fingerprint density at radius 3 is 1.17 bits per heavy atom. The number of hydrogen-bond donors (Lipinski definition) is 0. The molecule has 0 saturated carbocycles. The van der Waals surface area contributed by atoms with Crippen molar-refractivity contribution in [3.8, 4) is 0 Å². The van der Waals surface area contributed by atoms with Crippen LogP contribution in [-0.4, -0.2) is 31.4 Å². The van der Waals surface area contributed by atoms with Crippen molar-refractivity contribution in [2.24, 2.45) is 9.98 Å². The van der Waals surface area contributed by atoms with Crippen molar-refractivity contribution in [3.63, 3.8) is 0 Å². The van der Waals surface area contributed by atoms with E-state index in [0.717, 1.165) is 33.9 Å². The summed E-state index contributed by atoms with van der Waals surface area (Å²) < 4.78 is 0. The largest absolute Gasteiger partial charge is 2.00 e. The molecule has 6 nitrogen and oxygen atoms in total. The Morgan fingerprint density at radius 1 is 0.486 bits per heavy atom. The second-order valence-electron chi connectivity index (χ2n) is 8.06. The van der Waals surface area contributed by atoms with E-state index in [4.69, 9.17) is 0 Å². The van der Waals surface area contributed by atoms with Crippen molar-refractivity contribution < 1.29 is 51.0 Å². The van der Waals surface area contributed by atoms with Crippen LogP contribution in [0.15, 0.2) is 105 Å². The average Bonchev–Trinajstić information content (AvgIpc) is 3.53. The van der Waals surface area contributed by atoms with Gasteiger partial charge in [0.1, 0.15) is 12.7 Å². The van der Waals surface area contributed by atoms with Crippen molar-refractivity contribution in [2.45, 2.75) is 27.7 Å². The standard InChI is InChI=1S/2C13H11N3.2ClH.Zr/c2*1-8-3-11(10-5-14-7-15-6-10)12-4-9(2)16-13(8)12;;;/h2*3-7H,1-2H3;2*1H;/q;;;;+2/p-2. The first-order valence-electron chi connectivity index (χ1n) is 10.4. The van der Waals surface area contributed by atoms with Gasteiger partial charge in [0.2, 0.25) is 0 Å². The van der Waals surface area contributed by atoms with Crippen LogP contribution in [0, 0.1) is 0 Å². The molecule has 0 atom stereocenters. The van der Waals surface area contributed by atoms with Crippen LogP contribution in [0.4, 0.5) is 0 Å². The van der Waals surface area contributed by atoms with Gasteiger partial charge in [0.05, 0.1) is 11.4 Å². The molecule has 9 heteroatoms. The summed E-state index contributed by atoms with van der Waals surface area (Å²) in [5, 5.41) is 0. The van der Waals surface area contributed by atoms with Gasteiger partial charge in [-0.05, 0) is 74.3 Å². The third-order valence-corrected chi connectivity index (χ3v) is 5.59. The fourth-order valence-corrected chi connectivity index (χ4v) is 4.18. The summed E-state index contributed by atoms with van der Waals surface area (Å²) in [6, 6.07) is 0. The second kappa shape index (κ2) is 11.9. The van der Waals surface area contributed by atoms with E-state index >= 15 is 0 Å². The van der Waals surface area contributed by atoms with Crippen molar-refractivity contribution >= 4 is 22.6 Å².